The van der Waals surface area contributed by atoms with Crippen molar-refractivity contribution in [2.24, 2.45) is 23.3 Å². The van der Waals surface area contributed by atoms with Crippen LogP contribution in [0.1, 0.15) is 23.2 Å². The van der Waals surface area contributed by atoms with Gasteiger partial charge in [-0.3, -0.25) is 19.2 Å². The van der Waals surface area contributed by atoms with Gasteiger partial charge in [0, 0.05) is 17.2 Å². The minimum Gasteiger partial charge on any atom is -0.508 e. The summed E-state index contributed by atoms with van der Waals surface area (Å²) in [5.41, 5.74) is 7.56. The van der Waals surface area contributed by atoms with Crippen LogP contribution >= 0.6 is 0 Å². The van der Waals surface area contributed by atoms with E-state index in [2.05, 4.69) is 4.98 Å². The number of pyridine rings is 1. The quantitative estimate of drug-likeness (QED) is 0.310. The minimum absolute atomic E-state index is 0.0318. The maximum absolute atomic E-state index is 13.3. The lowest BCUT2D eigenvalue weighted by Gasteiger charge is -2.47. The normalized spacial score (nSPS) is 31.3. The second-order valence-electron chi connectivity index (χ2n) is 7.76. The van der Waals surface area contributed by atoms with E-state index in [9.17, 15) is 34.5 Å². The molecule has 0 aliphatic heterocycles. The molecule has 10 heteroatoms. The summed E-state index contributed by atoms with van der Waals surface area (Å²) in [4.78, 5) is 52.2. The summed E-state index contributed by atoms with van der Waals surface area (Å²) >= 11 is 0. The van der Waals surface area contributed by atoms with Gasteiger partial charge in [-0.25, -0.2) is 0 Å². The third kappa shape index (κ3) is 2.29. The van der Waals surface area contributed by atoms with Crippen LogP contribution in [0.5, 0.6) is 0 Å². The fourth-order valence-electron chi connectivity index (χ4n) is 4.80. The zero-order valence-corrected chi connectivity index (χ0v) is 15.4. The number of hydrogen-bond donors (Lipinski definition) is 6. The fourth-order valence-corrected chi connectivity index (χ4v) is 4.80. The number of rotatable bonds is 1. The molecule has 1 aromatic heterocycles. The van der Waals surface area contributed by atoms with E-state index in [0.29, 0.717) is 11.3 Å². The van der Waals surface area contributed by atoms with Gasteiger partial charge in [-0.1, -0.05) is 0 Å². The van der Waals surface area contributed by atoms with Crippen LogP contribution in [0, 0.1) is 18.8 Å². The number of hydrogen-bond acceptors (Lipinski definition) is 8. The maximum Gasteiger partial charge on any atom is 0.259 e. The molecular formula is C19H19N3O7. The molecule has 0 saturated heterocycles. The van der Waals surface area contributed by atoms with Gasteiger partial charge in [0.1, 0.15) is 17.1 Å². The number of ketones is 2. The van der Waals surface area contributed by atoms with E-state index in [1.807, 2.05) is 0 Å². The van der Waals surface area contributed by atoms with E-state index in [1.165, 1.54) is 0 Å². The molecule has 1 amide bonds. The van der Waals surface area contributed by atoms with Gasteiger partial charge in [0.05, 0.1) is 11.6 Å². The van der Waals surface area contributed by atoms with Crippen LogP contribution in [0.3, 0.4) is 0 Å². The Labute approximate surface area is 163 Å². The van der Waals surface area contributed by atoms with Crippen molar-refractivity contribution < 1.29 is 29.7 Å². The summed E-state index contributed by atoms with van der Waals surface area (Å²) in [6.07, 6.45) is 0.168. The molecule has 8 N–H and O–H groups in total. The molecule has 10 nitrogen and oxygen atoms in total. The van der Waals surface area contributed by atoms with Crippen LogP contribution in [-0.2, 0) is 20.8 Å². The van der Waals surface area contributed by atoms with Crippen LogP contribution in [0.2, 0.25) is 0 Å². The molecule has 1 heterocycles. The molecule has 0 aromatic carbocycles. The number of H-pyrrole nitrogens is 1. The molecule has 0 radical (unpaired) electrons. The number of carbonyl (C=O) groups is 3. The minimum atomic E-state index is -2.70. The largest absolute Gasteiger partial charge is 0.508 e. The predicted octanol–water partition coefficient (Wildman–Crippen LogP) is -1.35. The van der Waals surface area contributed by atoms with Crippen molar-refractivity contribution in [1.29, 1.82) is 0 Å². The number of aryl methyl sites for hydroxylation is 1. The summed E-state index contributed by atoms with van der Waals surface area (Å²) in [5.74, 6) is -7.04. The highest BCUT2D eigenvalue weighted by Crippen LogP contribution is 2.50. The molecule has 152 valence electrons. The van der Waals surface area contributed by atoms with Gasteiger partial charge in [-0.15, -0.1) is 0 Å². The van der Waals surface area contributed by atoms with Crippen molar-refractivity contribution in [3.05, 3.63) is 50.1 Å². The molecule has 1 saturated carbocycles. The van der Waals surface area contributed by atoms with E-state index in [0.717, 1.165) is 0 Å². The maximum atomic E-state index is 13.3. The number of Topliss-reactive ketones (excluding diaryl/α,β-unsaturated/α-hetero) is 2. The summed E-state index contributed by atoms with van der Waals surface area (Å²) in [5, 5.41) is 32.3. The van der Waals surface area contributed by atoms with Gasteiger partial charge >= 0.3 is 0 Å². The van der Waals surface area contributed by atoms with Gasteiger partial charge in [0.15, 0.2) is 11.4 Å². The zero-order valence-electron chi connectivity index (χ0n) is 15.4. The average molecular weight is 401 g/mol. The molecule has 1 aromatic rings. The second kappa shape index (κ2) is 5.88. The number of aliphatic hydroxyl groups excluding tert-OH is 2. The van der Waals surface area contributed by atoms with E-state index in [1.54, 1.807) is 13.0 Å². The van der Waals surface area contributed by atoms with Crippen molar-refractivity contribution in [1.82, 2.24) is 4.98 Å². The average Bonchev–Trinajstić information content (AvgIpc) is 2.61. The van der Waals surface area contributed by atoms with Crippen LogP contribution in [0.25, 0.3) is 5.76 Å². The van der Waals surface area contributed by atoms with Gasteiger partial charge in [0.25, 0.3) is 11.5 Å². The van der Waals surface area contributed by atoms with Crippen LogP contribution in [0.15, 0.2) is 27.8 Å². The number of fused-ring (bicyclic) bond motifs is 3. The van der Waals surface area contributed by atoms with Crippen molar-refractivity contribution in [2.45, 2.75) is 31.4 Å². The van der Waals surface area contributed by atoms with Crippen molar-refractivity contribution in [3.8, 4) is 0 Å². The van der Waals surface area contributed by atoms with Crippen molar-refractivity contribution >= 4 is 23.2 Å². The van der Waals surface area contributed by atoms with Crippen molar-refractivity contribution in [2.75, 3.05) is 0 Å². The first-order valence-corrected chi connectivity index (χ1v) is 8.96. The number of aromatic amines is 1. The number of aromatic nitrogens is 1. The first-order valence-electron chi connectivity index (χ1n) is 8.96. The molecule has 3 aliphatic carbocycles. The van der Waals surface area contributed by atoms with Gasteiger partial charge in [-0.2, -0.15) is 0 Å². The molecule has 0 spiro atoms. The standard InChI is InChI=1S/C19H19N3O7/c1-5-2-6-3-7-4-8-12(20)14(24)11(17(21)27)16(26)19(8,29)15(25)9(7)13(23)10(6)18(28)22-5/h2,7-8,12,23,26,29H,3-4,20H2,1H3,(H2,21,27)(H,22,28)/t7?,8?,12-,19-/m0/s1. The summed E-state index contributed by atoms with van der Waals surface area (Å²) < 4.78 is 0. The number of amides is 1. The molecule has 29 heavy (non-hydrogen) atoms. The summed E-state index contributed by atoms with van der Waals surface area (Å²) in [6.45, 7) is 1.67. The molecular weight excluding hydrogens is 382 g/mol. The topological polar surface area (TPSA) is 197 Å². The first-order chi connectivity index (χ1) is 13.5. The first kappa shape index (κ1) is 19.1. The Balaban J connectivity index is 1.97. The number of nitrogens with one attached hydrogen (secondary N) is 1. The monoisotopic (exact) mass is 401 g/mol. The lowest BCUT2D eigenvalue weighted by atomic mass is 9.58. The number of nitrogens with two attached hydrogens (primary N) is 2. The lowest BCUT2D eigenvalue weighted by Crippen LogP contribution is -2.65. The van der Waals surface area contributed by atoms with Crippen LogP contribution in [-0.4, -0.2) is 49.4 Å². The Morgan fingerprint density at radius 3 is 2.55 bits per heavy atom. The molecule has 2 unspecified atom stereocenters. The van der Waals surface area contributed by atoms with Gasteiger partial charge in [0.2, 0.25) is 5.78 Å². The van der Waals surface area contributed by atoms with Crippen LogP contribution < -0.4 is 17.0 Å². The van der Waals surface area contributed by atoms with Gasteiger partial charge in [-0.05, 0) is 37.3 Å². The third-order valence-corrected chi connectivity index (χ3v) is 6.11. The fraction of sp³-hybridized carbons (Fsp3) is 0.368. The number of aliphatic hydroxyl groups is 3. The molecule has 1 fully saturated rings. The third-order valence-electron chi connectivity index (χ3n) is 6.11. The summed E-state index contributed by atoms with van der Waals surface area (Å²) in [6, 6.07) is 0.220. The van der Waals surface area contributed by atoms with E-state index in [-0.39, 0.29) is 24.0 Å². The van der Waals surface area contributed by atoms with Crippen molar-refractivity contribution in [3.63, 3.8) is 0 Å². The zero-order chi connectivity index (χ0) is 21.4. The Kier molecular flexibility index (Phi) is 3.87. The Morgan fingerprint density at radius 1 is 1.28 bits per heavy atom. The highest BCUT2D eigenvalue weighted by atomic mass is 16.3. The predicted molar refractivity (Wildman–Crippen MR) is 98.4 cm³/mol. The van der Waals surface area contributed by atoms with Gasteiger partial charge < -0.3 is 31.8 Å². The Morgan fingerprint density at radius 2 is 1.93 bits per heavy atom. The lowest BCUT2D eigenvalue weighted by molar-refractivity contribution is -0.149. The SMILES string of the molecule is Cc1cc2c(c(=O)[nH]1)C(O)=C1C(=O)[C@]3(O)C(O)=C(C(N)=O)C(=O)[C@@H](N)C3CC1C2. The molecule has 0 bridgehead atoms. The van der Waals surface area contributed by atoms with E-state index >= 15 is 0 Å². The molecule has 4 rings (SSSR count). The van der Waals surface area contributed by atoms with E-state index in [4.69, 9.17) is 11.5 Å². The van der Waals surface area contributed by atoms with E-state index < -0.39 is 63.6 Å². The smallest absolute Gasteiger partial charge is 0.259 e. The molecule has 4 atom stereocenters. The summed E-state index contributed by atoms with van der Waals surface area (Å²) in [7, 11) is 0. The Hall–Kier alpha value is -3.24. The molecule has 3 aliphatic rings. The number of carbonyl (C=O) groups excluding carboxylic acids is 3. The Bertz CT molecular complexity index is 1130. The highest BCUT2D eigenvalue weighted by Gasteiger charge is 2.63. The highest BCUT2D eigenvalue weighted by molar-refractivity contribution is 6.24. The number of primary amides is 1. The second-order valence-corrected chi connectivity index (χ2v) is 7.76. The van der Waals surface area contributed by atoms with Crippen LogP contribution in [0.4, 0.5) is 0 Å².